The summed E-state index contributed by atoms with van der Waals surface area (Å²) in [6.45, 7) is 0. The third kappa shape index (κ3) is 4.65. The summed E-state index contributed by atoms with van der Waals surface area (Å²) in [6, 6.07) is 11.1. The van der Waals surface area contributed by atoms with Crippen molar-refractivity contribution in [1.82, 2.24) is 0 Å². The van der Waals surface area contributed by atoms with Crippen molar-refractivity contribution in [1.29, 1.82) is 0 Å². The molecule has 7 heteroatoms. The number of anilines is 1. The van der Waals surface area contributed by atoms with Crippen molar-refractivity contribution in [2.75, 3.05) is 12.4 Å². The van der Waals surface area contributed by atoms with Crippen LogP contribution in [0.4, 0.5) is 11.4 Å². The largest absolute Gasteiger partial charge is 0.496 e. The second-order valence-corrected chi connectivity index (χ2v) is 5.43. The van der Waals surface area contributed by atoms with Gasteiger partial charge in [-0.3, -0.25) is 14.9 Å². The maximum Gasteiger partial charge on any atom is 0.269 e. The lowest BCUT2D eigenvalue weighted by molar-refractivity contribution is -0.384. The number of non-ortho nitro benzene ring substituents is 1. The summed E-state index contributed by atoms with van der Waals surface area (Å²) < 4.78 is 6.09. The lowest BCUT2D eigenvalue weighted by atomic mass is 10.2. The highest BCUT2D eigenvalue weighted by Crippen LogP contribution is 2.24. The number of benzene rings is 2. The number of hydrogen-bond donors (Lipinski definition) is 1. The number of carbonyl (C=O) groups excluding carboxylic acids is 1. The summed E-state index contributed by atoms with van der Waals surface area (Å²) in [6.07, 6.45) is 3.00. The predicted octanol–water partition coefficient (Wildman–Crippen LogP) is 4.02. The van der Waals surface area contributed by atoms with Gasteiger partial charge < -0.3 is 10.1 Å². The van der Waals surface area contributed by atoms with E-state index in [9.17, 15) is 14.9 Å². The molecule has 0 aromatic heterocycles. The molecule has 2 rings (SSSR count). The number of nitrogens with one attached hydrogen (secondary N) is 1. The van der Waals surface area contributed by atoms with Crippen LogP contribution in [-0.4, -0.2) is 17.9 Å². The lowest BCUT2D eigenvalue weighted by Gasteiger charge is -2.05. The minimum absolute atomic E-state index is 0.0302. The smallest absolute Gasteiger partial charge is 0.269 e. The number of nitrogens with zero attached hydrogens (tertiary/aromatic N) is 1. The number of ether oxygens (including phenoxy) is 1. The van der Waals surface area contributed by atoms with E-state index in [1.807, 2.05) is 12.1 Å². The van der Waals surface area contributed by atoms with Gasteiger partial charge in [-0.05, 0) is 36.4 Å². The molecule has 118 valence electrons. The van der Waals surface area contributed by atoms with E-state index in [2.05, 4.69) is 21.2 Å². The number of carbonyl (C=O) groups is 1. The van der Waals surface area contributed by atoms with Crippen LogP contribution in [0.25, 0.3) is 6.08 Å². The number of methoxy groups -OCH3 is 1. The van der Waals surface area contributed by atoms with Crippen LogP contribution >= 0.6 is 15.9 Å². The molecule has 23 heavy (non-hydrogen) atoms. The third-order valence-electron chi connectivity index (χ3n) is 2.95. The zero-order valence-corrected chi connectivity index (χ0v) is 13.7. The first-order chi connectivity index (χ1) is 11.0. The molecule has 0 atom stereocenters. The fourth-order valence-electron chi connectivity index (χ4n) is 1.85. The molecule has 0 unspecified atom stereocenters. The van der Waals surface area contributed by atoms with Gasteiger partial charge in [0, 0.05) is 33.9 Å². The van der Waals surface area contributed by atoms with Gasteiger partial charge >= 0.3 is 0 Å². The van der Waals surface area contributed by atoms with Gasteiger partial charge in [-0.1, -0.05) is 15.9 Å². The zero-order chi connectivity index (χ0) is 16.8. The Morgan fingerprint density at radius 3 is 2.57 bits per heavy atom. The Hall–Kier alpha value is -2.67. The SMILES string of the molecule is COc1ccc(Br)cc1/C=C/C(=O)Nc1ccc([N+](=O)[O-])cc1. The molecule has 0 aliphatic carbocycles. The van der Waals surface area contributed by atoms with E-state index in [4.69, 9.17) is 4.74 Å². The van der Waals surface area contributed by atoms with Gasteiger partial charge in [0.1, 0.15) is 5.75 Å². The van der Waals surface area contributed by atoms with E-state index in [0.29, 0.717) is 11.4 Å². The van der Waals surface area contributed by atoms with E-state index in [0.717, 1.165) is 10.0 Å². The van der Waals surface area contributed by atoms with Crippen LogP contribution in [0, 0.1) is 10.1 Å². The number of rotatable bonds is 5. The average Bonchev–Trinajstić information content (AvgIpc) is 2.53. The minimum atomic E-state index is -0.495. The van der Waals surface area contributed by atoms with E-state index in [1.54, 1.807) is 19.3 Å². The molecule has 0 radical (unpaired) electrons. The average molecular weight is 377 g/mol. The van der Waals surface area contributed by atoms with Crippen molar-refractivity contribution in [3.8, 4) is 5.75 Å². The van der Waals surface area contributed by atoms with E-state index >= 15 is 0 Å². The van der Waals surface area contributed by atoms with Gasteiger partial charge in [-0.25, -0.2) is 0 Å². The molecular formula is C16H13BrN2O4. The number of nitro groups is 1. The normalized spacial score (nSPS) is 10.5. The second-order valence-electron chi connectivity index (χ2n) is 4.51. The van der Waals surface area contributed by atoms with E-state index < -0.39 is 4.92 Å². The maximum absolute atomic E-state index is 11.9. The standard InChI is InChI=1S/C16H13BrN2O4/c1-23-15-8-3-12(17)10-11(15)2-9-16(20)18-13-4-6-14(7-5-13)19(21)22/h2-10H,1H3,(H,18,20)/b9-2+. The first-order valence-electron chi connectivity index (χ1n) is 6.56. The summed E-state index contributed by atoms with van der Waals surface area (Å²) in [5.74, 6) is 0.300. The molecule has 0 aliphatic rings. The summed E-state index contributed by atoms with van der Waals surface area (Å²) in [7, 11) is 1.55. The molecule has 0 bridgehead atoms. The van der Waals surface area contributed by atoms with Crippen molar-refractivity contribution in [2.45, 2.75) is 0 Å². The minimum Gasteiger partial charge on any atom is -0.496 e. The molecule has 2 aromatic rings. The summed E-state index contributed by atoms with van der Waals surface area (Å²) in [5, 5.41) is 13.2. The van der Waals surface area contributed by atoms with Crippen LogP contribution in [0.2, 0.25) is 0 Å². The Morgan fingerprint density at radius 2 is 1.96 bits per heavy atom. The molecule has 0 saturated heterocycles. The Labute approximate surface area is 141 Å². The number of halogens is 1. The topological polar surface area (TPSA) is 81.5 Å². The van der Waals surface area contributed by atoms with E-state index in [-0.39, 0.29) is 11.6 Å². The first-order valence-corrected chi connectivity index (χ1v) is 7.36. The van der Waals surface area contributed by atoms with Gasteiger partial charge in [0.05, 0.1) is 12.0 Å². The van der Waals surface area contributed by atoms with Crippen LogP contribution in [0.15, 0.2) is 53.0 Å². The van der Waals surface area contributed by atoms with Crippen molar-refractivity contribution in [3.63, 3.8) is 0 Å². The third-order valence-corrected chi connectivity index (χ3v) is 3.44. The molecule has 0 saturated carbocycles. The Balaban J connectivity index is 2.07. The van der Waals surface area contributed by atoms with Crippen molar-refractivity contribution < 1.29 is 14.5 Å². The van der Waals surface area contributed by atoms with Gasteiger partial charge in [-0.2, -0.15) is 0 Å². The molecule has 0 heterocycles. The van der Waals surface area contributed by atoms with Crippen LogP contribution in [0.5, 0.6) is 5.75 Å². The molecule has 2 aromatic carbocycles. The van der Waals surface area contributed by atoms with Crippen LogP contribution in [-0.2, 0) is 4.79 Å². The molecule has 1 N–H and O–H groups in total. The molecule has 1 amide bonds. The fraction of sp³-hybridized carbons (Fsp3) is 0.0625. The highest BCUT2D eigenvalue weighted by molar-refractivity contribution is 9.10. The summed E-state index contributed by atoms with van der Waals surface area (Å²) in [5.41, 5.74) is 1.20. The summed E-state index contributed by atoms with van der Waals surface area (Å²) >= 11 is 3.36. The number of amides is 1. The van der Waals surface area contributed by atoms with Crippen LogP contribution < -0.4 is 10.1 Å². The quantitative estimate of drug-likeness (QED) is 0.485. The van der Waals surface area contributed by atoms with Gasteiger partial charge in [0.2, 0.25) is 5.91 Å². The first kappa shape index (κ1) is 16.7. The number of nitro benzene ring substituents is 1. The maximum atomic E-state index is 11.9. The second kappa shape index (κ2) is 7.55. The van der Waals surface area contributed by atoms with E-state index in [1.165, 1.54) is 30.3 Å². The van der Waals surface area contributed by atoms with Crippen molar-refractivity contribution >= 4 is 39.3 Å². The molecule has 0 aliphatic heterocycles. The highest BCUT2D eigenvalue weighted by Gasteiger charge is 2.05. The molecule has 0 fully saturated rings. The Morgan fingerprint density at radius 1 is 1.26 bits per heavy atom. The number of hydrogen-bond acceptors (Lipinski definition) is 4. The predicted molar refractivity (Wildman–Crippen MR) is 91.5 cm³/mol. The van der Waals surface area contributed by atoms with Gasteiger partial charge in [0.15, 0.2) is 0 Å². The highest BCUT2D eigenvalue weighted by atomic mass is 79.9. The lowest BCUT2D eigenvalue weighted by Crippen LogP contribution is -2.07. The summed E-state index contributed by atoms with van der Waals surface area (Å²) in [4.78, 5) is 22.0. The van der Waals surface area contributed by atoms with Crippen molar-refractivity contribution in [3.05, 3.63) is 68.7 Å². The molecule has 6 nitrogen and oxygen atoms in total. The Bertz CT molecular complexity index is 757. The molecular weight excluding hydrogens is 364 g/mol. The van der Waals surface area contributed by atoms with Crippen LogP contribution in [0.3, 0.4) is 0 Å². The Kier molecular flexibility index (Phi) is 5.48. The monoisotopic (exact) mass is 376 g/mol. The van der Waals surface area contributed by atoms with Gasteiger partial charge in [-0.15, -0.1) is 0 Å². The van der Waals surface area contributed by atoms with Crippen LogP contribution in [0.1, 0.15) is 5.56 Å². The fourth-order valence-corrected chi connectivity index (χ4v) is 2.23. The molecule has 0 spiro atoms. The zero-order valence-electron chi connectivity index (χ0n) is 12.2. The van der Waals surface area contributed by atoms with Gasteiger partial charge in [0.25, 0.3) is 5.69 Å². The van der Waals surface area contributed by atoms with Crippen molar-refractivity contribution in [2.24, 2.45) is 0 Å².